The molecule has 4 rings (SSSR count). The van der Waals surface area contributed by atoms with Gasteiger partial charge in [0, 0.05) is 57.0 Å². The lowest BCUT2D eigenvalue weighted by atomic mass is 10.1. The van der Waals surface area contributed by atoms with E-state index in [1.54, 1.807) is 18.5 Å². The maximum absolute atomic E-state index is 14.2. The van der Waals surface area contributed by atoms with Crippen LogP contribution in [-0.4, -0.2) is 57.8 Å². The molecular weight excluding hydrogens is 448 g/mol. The van der Waals surface area contributed by atoms with E-state index < -0.39 is 11.6 Å². The summed E-state index contributed by atoms with van der Waals surface area (Å²) in [5, 5.41) is 7.56. The first-order valence-corrected chi connectivity index (χ1v) is 10.8. The van der Waals surface area contributed by atoms with Gasteiger partial charge in [-0.2, -0.15) is 0 Å². The minimum atomic E-state index is -0.510. The molecule has 0 radical (unpaired) electrons. The molecule has 180 valence electrons. The van der Waals surface area contributed by atoms with E-state index in [9.17, 15) is 18.4 Å². The van der Waals surface area contributed by atoms with Gasteiger partial charge in [-0.05, 0) is 25.1 Å². The van der Waals surface area contributed by atoms with E-state index in [2.05, 4.69) is 10.3 Å². The van der Waals surface area contributed by atoms with Gasteiger partial charge in [0.15, 0.2) is 0 Å². The van der Waals surface area contributed by atoms with E-state index in [1.165, 1.54) is 24.1 Å². The molecule has 0 atom stereocenters. The highest BCUT2D eigenvalue weighted by atomic mass is 19.1. The Kier molecular flexibility index (Phi) is 6.73. The number of halogens is 2. The number of ether oxygens (including phenoxy) is 1. The number of aryl methyl sites for hydroxylation is 1. The van der Waals surface area contributed by atoms with Crippen molar-refractivity contribution in [2.24, 2.45) is 0 Å². The number of methoxy groups -OCH3 is 1. The molecule has 0 unspecified atom stereocenters. The zero-order valence-corrected chi connectivity index (χ0v) is 19.2. The van der Waals surface area contributed by atoms with Gasteiger partial charge in [-0.1, -0.05) is 10.3 Å². The van der Waals surface area contributed by atoms with E-state index in [0.29, 0.717) is 43.1 Å². The van der Waals surface area contributed by atoms with Crippen molar-refractivity contribution in [3.05, 3.63) is 74.5 Å². The number of carbonyl (C=O) groups excluding carboxylic acids is 1. The molecule has 11 heteroatoms. The molecule has 0 saturated carbocycles. The third-order valence-electron chi connectivity index (χ3n) is 6.00. The zero-order chi connectivity index (χ0) is 24.4. The largest absolute Gasteiger partial charge is 0.496 e. The quantitative estimate of drug-likeness (QED) is 0.542. The fraction of sp³-hybridized carbons (Fsp3) is 0.391. The summed E-state index contributed by atoms with van der Waals surface area (Å²) < 4.78 is 39.4. The molecular formula is C23H25F2N5O4. The summed E-state index contributed by atoms with van der Waals surface area (Å²) in [7, 11) is 3.03. The highest BCUT2D eigenvalue weighted by molar-refractivity contribution is 5.98. The summed E-state index contributed by atoms with van der Waals surface area (Å²) in [6.45, 7) is 3.26. The number of fused-ring (bicyclic) bond motifs is 1. The van der Waals surface area contributed by atoms with E-state index in [1.807, 2.05) is 4.90 Å². The van der Waals surface area contributed by atoms with Crippen LogP contribution in [0.25, 0.3) is 0 Å². The predicted octanol–water partition coefficient (Wildman–Crippen LogP) is 2.16. The first-order chi connectivity index (χ1) is 16.3. The molecule has 1 aliphatic heterocycles. The summed E-state index contributed by atoms with van der Waals surface area (Å²) >= 11 is 0. The van der Waals surface area contributed by atoms with Crippen molar-refractivity contribution >= 4 is 5.91 Å². The number of pyridine rings is 1. The number of nitrogens with zero attached hydrogens (tertiary/aromatic N) is 5. The Morgan fingerprint density at radius 2 is 2.00 bits per heavy atom. The maximum Gasteiger partial charge on any atom is 0.259 e. The highest BCUT2D eigenvalue weighted by Gasteiger charge is 2.28. The standard InChI is InChI=1S/C23H25F2N5O4/c1-14-18(27-34-26-14)13-28(2)23(32)22-19-6-7-29(12-15-10-16(24)4-5-17(15)25)8-9-30(19)21(31)11-20(22)33-3/h4-5,10-11H,6-9,12-13H2,1-3H3. The van der Waals surface area contributed by atoms with Crippen LogP contribution in [0.2, 0.25) is 0 Å². The van der Waals surface area contributed by atoms with Gasteiger partial charge < -0.3 is 14.2 Å². The van der Waals surface area contributed by atoms with E-state index in [4.69, 9.17) is 9.37 Å². The fourth-order valence-electron chi connectivity index (χ4n) is 4.13. The second kappa shape index (κ2) is 9.72. The van der Waals surface area contributed by atoms with Gasteiger partial charge in [0.25, 0.3) is 11.5 Å². The third kappa shape index (κ3) is 4.69. The first kappa shape index (κ1) is 23.6. The average Bonchev–Trinajstić information content (AvgIpc) is 3.09. The topological polar surface area (TPSA) is 93.7 Å². The van der Waals surface area contributed by atoms with Gasteiger partial charge in [-0.3, -0.25) is 14.5 Å². The Balaban J connectivity index is 1.62. The lowest BCUT2D eigenvalue weighted by Crippen LogP contribution is -2.32. The summed E-state index contributed by atoms with van der Waals surface area (Å²) in [6, 6.07) is 4.65. The molecule has 0 fully saturated rings. The van der Waals surface area contributed by atoms with Gasteiger partial charge >= 0.3 is 0 Å². The van der Waals surface area contributed by atoms with Gasteiger partial charge in [0.05, 0.1) is 13.7 Å². The Morgan fingerprint density at radius 1 is 1.21 bits per heavy atom. The Labute approximate surface area is 194 Å². The number of carbonyl (C=O) groups is 1. The molecule has 1 aliphatic rings. The van der Waals surface area contributed by atoms with Crippen molar-refractivity contribution in [2.45, 2.75) is 33.0 Å². The summed E-state index contributed by atoms with van der Waals surface area (Å²) in [5.74, 6) is -1.15. The second-order valence-electron chi connectivity index (χ2n) is 8.24. The molecule has 2 aromatic heterocycles. The molecule has 3 aromatic rings. The normalized spacial score (nSPS) is 13.9. The summed E-state index contributed by atoms with van der Waals surface area (Å²) in [5.41, 5.74) is 1.88. The molecule has 0 saturated heterocycles. The lowest BCUT2D eigenvalue weighted by Gasteiger charge is -2.21. The third-order valence-corrected chi connectivity index (χ3v) is 6.00. The Morgan fingerprint density at radius 3 is 2.71 bits per heavy atom. The van der Waals surface area contributed by atoms with Crippen molar-refractivity contribution < 1.29 is 22.9 Å². The van der Waals surface area contributed by atoms with Gasteiger partial charge in [-0.15, -0.1) is 0 Å². The number of benzene rings is 1. The predicted molar refractivity (Wildman–Crippen MR) is 117 cm³/mol. The molecule has 0 N–H and O–H groups in total. The number of amides is 1. The molecule has 1 aromatic carbocycles. The van der Waals surface area contributed by atoms with Crippen molar-refractivity contribution in [1.29, 1.82) is 0 Å². The molecule has 3 heterocycles. The van der Waals surface area contributed by atoms with Crippen LogP contribution in [-0.2, 0) is 26.1 Å². The fourth-order valence-corrected chi connectivity index (χ4v) is 4.13. The highest BCUT2D eigenvalue weighted by Crippen LogP contribution is 2.25. The van der Waals surface area contributed by atoms with Crippen LogP contribution in [0.5, 0.6) is 5.75 Å². The Hall–Kier alpha value is -3.60. The van der Waals surface area contributed by atoms with Crippen molar-refractivity contribution in [1.82, 2.24) is 24.7 Å². The number of aromatic nitrogens is 3. The monoisotopic (exact) mass is 473 g/mol. The average molecular weight is 473 g/mol. The summed E-state index contributed by atoms with van der Waals surface area (Å²) in [6.07, 6.45) is 0.350. The van der Waals surface area contributed by atoms with Crippen LogP contribution in [0.4, 0.5) is 8.78 Å². The number of hydrogen-bond donors (Lipinski definition) is 0. The van der Waals surface area contributed by atoms with Crippen LogP contribution in [0.15, 0.2) is 33.7 Å². The van der Waals surface area contributed by atoms with Crippen molar-refractivity contribution in [3.8, 4) is 5.75 Å². The van der Waals surface area contributed by atoms with E-state index in [-0.39, 0.29) is 41.4 Å². The Bertz CT molecular complexity index is 1270. The molecule has 1 amide bonds. The van der Waals surface area contributed by atoms with Gasteiger partial charge in [0.2, 0.25) is 0 Å². The zero-order valence-electron chi connectivity index (χ0n) is 19.2. The van der Waals surface area contributed by atoms with Crippen LogP contribution >= 0.6 is 0 Å². The van der Waals surface area contributed by atoms with Crippen LogP contribution in [0.3, 0.4) is 0 Å². The van der Waals surface area contributed by atoms with Crippen molar-refractivity contribution in [2.75, 3.05) is 27.2 Å². The number of hydrogen-bond acceptors (Lipinski definition) is 7. The minimum absolute atomic E-state index is 0.168. The van der Waals surface area contributed by atoms with Crippen LogP contribution in [0.1, 0.15) is 33.0 Å². The second-order valence-corrected chi connectivity index (χ2v) is 8.24. The minimum Gasteiger partial charge on any atom is -0.496 e. The van der Waals surface area contributed by atoms with E-state index >= 15 is 0 Å². The van der Waals surface area contributed by atoms with Gasteiger partial charge in [-0.25, -0.2) is 13.4 Å². The van der Waals surface area contributed by atoms with Gasteiger partial charge in [0.1, 0.15) is 34.3 Å². The van der Waals surface area contributed by atoms with E-state index in [0.717, 1.165) is 12.1 Å². The smallest absolute Gasteiger partial charge is 0.259 e. The molecule has 34 heavy (non-hydrogen) atoms. The molecule has 0 aliphatic carbocycles. The molecule has 0 bridgehead atoms. The maximum atomic E-state index is 14.2. The summed E-state index contributed by atoms with van der Waals surface area (Å²) in [4.78, 5) is 29.7. The first-order valence-electron chi connectivity index (χ1n) is 10.8. The van der Waals surface area contributed by atoms with Crippen molar-refractivity contribution in [3.63, 3.8) is 0 Å². The van der Waals surface area contributed by atoms with Crippen LogP contribution < -0.4 is 10.3 Å². The lowest BCUT2D eigenvalue weighted by molar-refractivity contribution is 0.0776. The molecule has 0 spiro atoms. The number of rotatable bonds is 6. The SMILES string of the molecule is COc1cc(=O)n2c(c1C(=O)N(C)Cc1nonc1C)CCN(Cc1cc(F)ccc1F)CC2. The van der Waals surface area contributed by atoms with Crippen LogP contribution in [0, 0.1) is 18.6 Å². The molecule has 9 nitrogen and oxygen atoms in total.